The van der Waals surface area contributed by atoms with E-state index in [1.165, 1.54) is 6.07 Å². The van der Waals surface area contributed by atoms with Crippen molar-refractivity contribution in [3.05, 3.63) is 41.7 Å². The second-order valence-corrected chi connectivity index (χ2v) is 3.34. The lowest BCUT2D eigenvalue weighted by molar-refractivity contribution is -0.131. The summed E-state index contributed by atoms with van der Waals surface area (Å²) in [6.07, 6.45) is 1.41. The average molecular weight is 267 g/mol. The van der Waals surface area contributed by atoms with Gasteiger partial charge in [-0.2, -0.15) is 0 Å². The molecule has 0 aliphatic heterocycles. The van der Waals surface area contributed by atoms with Crippen molar-refractivity contribution in [2.24, 2.45) is 0 Å². The van der Waals surface area contributed by atoms with Gasteiger partial charge in [0.1, 0.15) is 5.82 Å². The summed E-state index contributed by atoms with van der Waals surface area (Å²) in [4.78, 5) is 33.0. The van der Waals surface area contributed by atoms with Gasteiger partial charge in [0, 0.05) is 12.2 Å². The molecule has 100 valence electrons. The van der Waals surface area contributed by atoms with Crippen molar-refractivity contribution in [1.29, 1.82) is 0 Å². The Morgan fingerprint density at radius 1 is 1.32 bits per heavy atom. The molecule has 0 fully saturated rings. The van der Waals surface area contributed by atoms with Crippen LogP contribution in [-0.4, -0.2) is 30.1 Å². The molecule has 6 nitrogen and oxygen atoms in total. The number of carboxylic acids is 1. The Bertz CT molecular complexity index is 553. The molecule has 0 bridgehead atoms. The van der Waals surface area contributed by atoms with Crippen LogP contribution < -0.4 is 5.32 Å². The number of rotatable bonds is 4. The van der Waals surface area contributed by atoms with Gasteiger partial charge >= 0.3 is 11.9 Å². The van der Waals surface area contributed by atoms with Crippen molar-refractivity contribution >= 4 is 23.5 Å². The van der Waals surface area contributed by atoms with Gasteiger partial charge < -0.3 is 15.2 Å². The first-order chi connectivity index (χ1) is 8.93. The molecule has 0 aromatic heterocycles. The number of hydrogen-bond donors (Lipinski definition) is 2. The first-order valence-corrected chi connectivity index (χ1v) is 5.04. The predicted molar refractivity (Wildman–Crippen MR) is 63.1 cm³/mol. The maximum atomic E-state index is 13.0. The van der Waals surface area contributed by atoms with E-state index in [9.17, 15) is 18.8 Å². The van der Waals surface area contributed by atoms with E-state index >= 15 is 0 Å². The lowest BCUT2D eigenvalue weighted by atomic mass is 10.1. The van der Waals surface area contributed by atoms with Crippen LogP contribution >= 0.6 is 0 Å². The molecule has 0 atom stereocenters. The zero-order valence-electron chi connectivity index (χ0n) is 9.84. The van der Waals surface area contributed by atoms with Gasteiger partial charge in [-0.1, -0.05) is 0 Å². The van der Waals surface area contributed by atoms with E-state index < -0.39 is 23.7 Å². The molecule has 1 amide bonds. The second-order valence-electron chi connectivity index (χ2n) is 3.34. The number of ether oxygens (including phenoxy) is 1. The first-order valence-electron chi connectivity index (χ1n) is 5.04. The van der Waals surface area contributed by atoms with Crippen molar-refractivity contribution in [3.63, 3.8) is 0 Å². The molecule has 0 spiro atoms. The van der Waals surface area contributed by atoms with Crippen molar-refractivity contribution < 1.29 is 28.6 Å². The molecule has 0 saturated heterocycles. The molecule has 0 radical (unpaired) electrons. The van der Waals surface area contributed by atoms with Crippen LogP contribution in [0.1, 0.15) is 10.4 Å². The highest BCUT2D eigenvalue weighted by Gasteiger charge is 2.14. The van der Waals surface area contributed by atoms with Gasteiger partial charge in [-0.05, 0) is 18.2 Å². The molecule has 0 heterocycles. The van der Waals surface area contributed by atoms with Gasteiger partial charge in [0.05, 0.1) is 18.4 Å². The van der Waals surface area contributed by atoms with E-state index in [4.69, 9.17) is 5.11 Å². The van der Waals surface area contributed by atoms with E-state index in [0.29, 0.717) is 6.08 Å². The number of methoxy groups -OCH3 is 1. The van der Waals surface area contributed by atoms with Crippen LogP contribution in [0.5, 0.6) is 0 Å². The van der Waals surface area contributed by atoms with Gasteiger partial charge in [0.2, 0.25) is 5.91 Å². The first kappa shape index (κ1) is 14.4. The minimum absolute atomic E-state index is 0.0216. The summed E-state index contributed by atoms with van der Waals surface area (Å²) in [7, 11) is 1.11. The monoisotopic (exact) mass is 267 g/mol. The Morgan fingerprint density at radius 3 is 2.58 bits per heavy atom. The summed E-state index contributed by atoms with van der Waals surface area (Å²) in [6, 6.07) is 3.12. The summed E-state index contributed by atoms with van der Waals surface area (Å²) in [5, 5.41) is 10.6. The minimum atomic E-state index is -1.29. The maximum absolute atomic E-state index is 13.0. The normalized spacial score (nSPS) is 10.2. The number of amides is 1. The number of carbonyl (C=O) groups excluding carboxylic acids is 2. The third-order valence-corrected chi connectivity index (χ3v) is 2.02. The summed E-state index contributed by atoms with van der Waals surface area (Å²) in [6.45, 7) is 0. The molecule has 0 saturated carbocycles. The van der Waals surface area contributed by atoms with Crippen LogP contribution in [0, 0.1) is 5.82 Å². The lowest BCUT2D eigenvalue weighted by Crippen LogP contribution is -2.13. The maximum Gasteiger partial charge on any atom is 0.340 e. The smallest absolute Gasteiger partial charge is 0.340 e. The van der Waals surface area contributed by atoms with Crippen molar-refractivity contribution in [2.75, 3.05) is 12.4 Å². The topological polar surface area (TPSA) is 92.7 Å². The molecular weight excluding hydrogens is 257 g/mol. The fourth-order valence-electron chi connectivity index (χ4n) is 1.23. The van der Waals surface area contributed by atoms with E-state index in [-0.39, 0.29) is 11.3 Å². The Labute approximate surface area is 107 Å². The zero-order valence-corrected chi connectivity index (χ0v) is 9.84. The van der Waals surface area contributed by atoms with E-state index in [2.05, 4.69) is 10.1 Å². The highest BCUT2D eigenvalue weighted by atomic mass is 19.1. The molecule has 1 aromatic rings. The molecule has 1 rings (SSSR count). The summed E-state index contributed by atoms with van der Waals surface area (Å²) >= 11 is 0. The molecule has 0 unspecified atom stereocenters. The van der Waals surface area contributed by atoms with Crippen LogP contribution in [0.4, 0.5) is 10.1 Å². The molecule has 0 aliphatic rings. The van der Waals surface area contributed by atoms with Crippen LogP contribution in [0.2, 0.25) is 0 Å². The van der Waals surface area contributed by atoms with Crippen molar-refractivity contribution in [3.8, 4) is 0 Å². The Morgan fingerprint density at radius 2 is 2.00 bits per heavy atom. The fraction of sp³-hybridized carbons (Fsp3) is 0.0833. The van der Waals surface area contributed by atoms with Gasteiger partial charge in [0.15, 0.2) is 0 Å². The van der Waals surface area contributed by atoms with Crippen LogP contribution in [-0.2, 0) is 14.3 Å². The molecule has 2 N–H and O–H groups in total. The molecule has 7 heteroatoms. The van der Waals surface area contributed by atoms with Crippen LogP contribution in [0.15, 0.2) is 30.4 Å². The number of benzene rings is 1. The highest BCUT2D eigenvalue weighted by molar-refractivity contribution is 6.06. The Kier molecular flexibility index (Phi) is 4.76. The Hall–Kier alpha value is -2.70. The van der Waals surface area contributed by atoms with Crippen LogP contribution in [0.3, 0.4) is 0 Å². The fourth-order valence-corrected chi connectivity index (χ4v) is 1.23. The number of anilines is 1. The number of hydrogen-bond acceptors (Lipinski definition) is 4. The Balaban J connectivity index is 2.98. The summed E-state index contributed by atoms with van der Waals surface area (Å²) in [5.41, 5.74) is -0.145. The van der Waals surface area contributed by atoms with Crippen molar-refractivity contribution in [1.82, 2.24) is 0 Å². The minimum Gasteiger partial charge on any atom is -0.478 e. The van der Waals surface area contributed by atoms with E-state index in [1.54, 1.807) is 0 Å². The zero-order chi connectivity index (χ0) is 14.4. The SMILES string of the molecule is COC(=O)c1cc(F)ccc1NC(=O)/C=C/C(=O)O. The highest BCUT2D eigenvalue weighted by Crippen LogP contribution is 2.18. The third-order valence-electron chi connectivity index (χ3n) is 2.02. The van der Waals surface area contributed by atoms with E-state index in [0.717, 1.165) is 25.3 Å². The number of esters is 1. The van der Waals surface area contributed by atoms with Gasteiger partial charge in [0.25, 0.3) is 0 Å². The molecule has 1 aromatic carbocycles. The average Bonchev–Trinajstić information content (AvgIpc) is 2.37. The van der Waals surface area contributed by atoms with Crippen molar-refractivity contribution in [2.45, 2.75) is 0 Å². The lowest BCUT2D eigenvalue weighted by Gasteiger charge is -2.08. The summed E-state index contributed by atoms with van der Waals surface area (Å²) < 4.78 is 17.5. The number of halogens is 1. The quantitative estimate of drug-likeness (QED) is 0.631. The van der Waals surface area contributed by atoms with Gasteiger partial charge in [-0.25, -0.2) is 14.0 Å². The number of carboxylic acid groups (broad SMARTS) is 1. The number of nitrogens with one attached hydrogen (secondary N) is 1. The molecule has 19 heavy (non-hydrogen) atoms. The van der Waals surface area contributed by atoms with Gasteiger partial charge in [-0.3, -0.25) is 4.79 Å². The van der Waals surface area contributed by atoms with Crippen LogP contribution in [0.25, 0.3) is 0 Å². The number of aliphatic carboxylic acids is 1. The summed E-state index contributed by atoms with van der Waals surface area (Å²) in [5.74, 6) is -3.54. The predicted octanol–water partition coefficient (Wildman–Crippen LogP) is 1.19. The molecule has 0 aliphatic carbocycles. The standard InChI is InChI=1S/C12H10FNO5/c1-19-12(18)8-6-7(13)2-3-9(8)14-10(15)4-5-11(16)17/h2-6H,1H3,(H,14,15)(H,16,17)/b5-4+. The molecular formula is C12H10FNO5. The van der Waals surface area contributed by atoms with E-state index in [1.807, 2.05) is 0 Å². The van der Waals surface area contributed by atoms with Gasteiger partial charge in [-0.15, -0.1) is 0 Å². The second kappa shape index (κ2) is 6.29. The third kappa shape index (κ3) is 4.23. The largest absolute Gasteiger partial charge is 0.478 e. The number of carbonyl (C=O) groups is 3.